The predicted octanol–water partition coefficient (Wildman–Crippen LogP) is 3.75. The number of alkyl halides is 3. The van der Waals surface area contributed by atoms with Gasteiger partial charge >= 0.3 is 6.18 Å². The van der Waals surface area contributed by atoms with E-state index in [9.17, 15) is 28.2 Å². The molecule has 0 spiro atoms. The number of halogens is 3. The number of aliphatic hydroxyl groups is 2. The molecular formula is C27H29F3N4O4S. The van der Waals surface area contributed by atoms with Gasteiger partial charge < -0.3 is 25.6 Å². The monoisotopic (exact) mass is 562 g/mol. The molecule has 2 aromatic carbocycles. The number of benzene rings is 2. The van der Waals surface area contributed by atoms with E-state index in [1.165, 1.54) is 5.56 Å². The van der Waals surface area contributed by atoms with Gasteiger partial charge in [-0.05, 0) is 34.6 Å². The van der Waals surface area contributed by atoms with Crippen LogP contribution in [0.2, 0.25) is 0 Å². The van der Waals surface area contributed by atoms with Crippen LogP contribution in [0.3, 0.4) is 0 Å². The van der Waals surface area contributed by atoms with Crippen molar-refractivity contribution in [3.8, 4) is 11.1 Å². The number of carbonyl (C=O) groups is 1. The van der Waals surface area contributed by atoms with Gasteiger partial charge in [0.2, 0.25) is 0 Å². The molecule has 12 heteroatoms. The standard InChI is InChI=1S/C27H29F3N4O4S/c1-2-39-15-16-3-5-17(6-4-16)18-7-9-19(10-8-18)26(37)32-11-21-25(36)24(35)20(14-38-21)33-23-13-31-12-22(34-23)27(28,29)30/h3-10,12-13,20-21,24-25,35-36H,2,11,14-15H2,1H3,(H,32,37)(H,33,34)/t20-,21+,24+,25-/m0/s1. The molecule has 0 unspecified atom stereocenters. The highest BCUT2D eigenvalue weighted by atomic mass is 32.2. The number of aromatic nitrogens is 2. The van der Waals surface area contributed by atoms with Gasteiger partial charge in [-0.2, -0.15) is 24.9 Å². The fraction of sp³-hybridized carbons (Fsp3) is 0.370. The number of ether oxygens (including phenoxy) is 1. The van der Waals surface area contributed by atoms with E-state index in [1.807, 2.05) is 23.9 Å². The summed E-state index contributed by atoms with van der Waals surface area (Å²) in [5, 5.41) is 26.3. The first-order chi connectivity index (χ1) is 18.7. The number of anilines is 1. The third-order valence-corrected chi connectivity index (χ3v) is 7.21. The van der Waals surface area contributed by atoms with Gasteiger partial charge in [0.15, 0.2) is 5.69 Å². The quantitative estimate of drug-likeness (QED) is 0.312. The van der Waals surface area contributed by atoms with E-state index >= 15 is 0 Å². The topological polar surface area (TPSA) is 117 Å². The van der Waals surface area contributed by atoms with Crippen LogP contribution in [0.5, 0.6) is 0 Å². The van der Waals surface area contributed by atoms with Gasteiger partial charge in [0.05, 0.1) is 25.0 Å². The van der Waals surface area contributed by atoms with Crippen molar-refractivity contribution in [2.45, 2.75) is 43.2 Å². The molecule has 0 aliphatic carbocycles. The summed E-state index contributed by atoms with van der Waals surface area (Å²) in [7, 11) is 0. The number of amides is 1. The molecule has 4 atom stereocenters. The lowest BCUT2D eigenvalue weighted by Crippen LogP contribution is -2.58. The smallest absolute Gasteiger partial charge is 0.388 e. The number of carbonyl (C=O) groups excluding carboxylic acids is 1. The number of nitrogens with zero attached hydrogens (tertiary/aromatic N) is 2. The maximum absolute atomic E-state index is 12.9. The normalized spacial score (nSPS) is 21.4. The van der Waals surface area contributed by atoms with Gasteiger partial charge in [-0.3, -0.25) is 9.78 Å². The van der Waals surface area contributed by atoms with E-state index in [2.05, 4.69) is 51.8 Å². The van der Waals surface area contributed by atoms with Gasteiger partial charge in [0.1, 0.15) is 24.1 Å². The van der Waals surface area contributed by atoms with Gasteiger partial charge in [0.25, 0.3) is 5.91 Å². The summed E-state index contributed by atoms with van der Waals surface area (Å²) in [6.07, 6.45) is -6.72. The van der Waals surface area contributed by atoms with Crippen molar-refractivity contribution < 1.29 is 32.9 Å². The molecule has 0 radical (unpaired) electrons. The van der Waals surface area contributed by atoms with Crippen LogP contribution < -0.4 is 10.6 Å². The summed E-state index contributed by atoms with van der Waals surface area (Å²) >= 11 is 1.86. The second-order valence-electron chi connectivity index (χ2n) is 9.01. The average molecular weight is 563 g/mol. The highest BCUT2D eigenvalue weighted by molar-refractivity contribution is 7.98. The molecule has 2 heterocycles. The molecule has 0 saturated carbocycles. The summed E-state index contributed by atoms with van der Waals surface area (Å²) in [5.41, 5.74) is 2.50. The molecular weight excluding hydrogens is 533 g/mol. The van der Waals surface area contributed by atoms with Crippen molar-refractivity contribution in [3.63, 3.8) is 0 Å². The van der Waals surface area contributed by atoms with E-state index in [-0.39, 0.29) is 24.9 Å². The van der Waals surface area contributed by atoms with Crippen LogP contribution in [-0.4, -0.2) is 69.3 Å². The zero-order valence-electron chi connectivity index (χ0n) is 21.1. The Morgan fingerprint density at radius 1 is 1.05 bits per heavy atom. The van der Waals surface area contributed by atoms with Crippen LogP contribution in [0.4, 0.5) is 19.0 Å². The third kappa shape index (κ3) is 7.47. The molecule has 3 aromatic rings. The number of hydrogen-bond acceptors (Lipinski definition) is 8. The van der Waals surface area contributed by atoms with Crippen LogP contribution in [0.25, 0.3) is 11.1 Å². The number of aliphatic hydroxyl groups excluding tert-OH is 2. The molecule has 1 amide bonds. The first kappa shape index (κ1) is 28.8. The second-order valence-corrected chi connectivity index (χ2v) is 10.3. The van der Waals surface area contributed by atoms with Crippen molar-refractivity contribution in [1.82, 2.24) is 15.3 Å². The van der Waals surface area contributed by atoms with Crippen molar-refractivity contribution in [1.29, 1.82) is 0 Å². The summed E-state index contributed by atoms with van der Waals surface area (Å²) in [5.74, 6) is 1.44. The fourth-order valence-corrected chi connectivity index (χ4v) is 4.71. The Morgan fingerprint density at radius 3 is 2.36 bits per heavy atom. The summed E-state index contributed by atoms with van der Waals surface area (Å²) in [6.45, 7) is 1.91. The molecule has 208 valence electrons. The van der Waals surface area contributed by atoms with E-state index in [0.717, 1.165) is 28.8 Å². The average Bonchev–Trinajstić information content (AvgIpc) is 2.94. The van der Waals surface area contributed by atoms with Crippen molar-refractivity contribution >= 4 is 23.5 Å². The van der Waals surface area contributed by atoms with E-state index in [0.29, 0.717) is 11.8 Å². The third-order valence-electron chi connectivity index (χ3n) is 6.26. The van der Waals surface area contributed by atoms with E-state index in [4.69, 9.17) is 4.74 Å². The molecule has 1 aromatic heterocycles. The van der Waals surface area contributed by atoms with Crippen LogP contribution in [0, 0.1) is 0 Å². The Hall–Kier alpha value is -3.19. The van der Waals surface area contributed by atoms with E-state index in [1.54, 1.807) is 12.1 Å². The fourth-order valence-electron chi connectivity index (χ4n) is 4.07. The minimum absolute atomic E-state index is 0.0773. The number of nitrogens with one attached hydrogen (secondary N) is 2. The summed E-state index contributed by atoms with van der Waals surface area (Å²) in [4.78, 5) is 19.6. The molecule has 4 N–H and O–H groups in total. The van der Waals surface area contributed by atoms with Crippen molar-refractivity contribution in [2.24, 2.45) is 0 Å². The lowest BCUT2D eigenvalue weighted by Gasteiger charge is -2.38. The molecule has 0 bridgehead atoms. The van der Waals surface area contributed by atoms with Crippen LogP contribution in [0.15, 0.2) is 60.9 Å². The lowest BCUT2D eigenvalue weighted by molar-refractivity contribution is -0.141. The molecule has 39 heavy (non-hydrogen) atoms. The number of hydrogen-bond donors (Lipinski definition) is 4. The molecule has 1 aliphatic heterocycles. The number of thioether (sulfide) groups is 1. The molecule has 1 aliphatic rings. The van der Waals surface area contributed by atoms with Gasteiger partial charge in [0, 0.05) is 17.9 Å². The van der Waals surface area contributed by atoms with Gasteiger partial charge in [-0.1, -0.05) is 43.3 Å². The largest absolute Gasteiger partial charge is 0.434 e. The van der Waals surface area contributed by atoms with Crippen LogP contribution >= 0.6 is 11.8 Å². The Morgan fingerprint density at radius 2 is 1.72 bits per heavy atom. The highest BCUT2D eigenvalue weighted by Gasteiger charge is 2.39. The minimum atomic E-state index is -4.67. The first-order valence-corrected chi connectivity index (χ1v) is 13.5. The van der Waals surface area contributed by atoms with Gasteiger partial charge in [-0.15, -0.1) is 0 Å². The molecule has 1 fully saturated rings. The lowest BCUT2D eigenvalue weighted by atomic mass is 9.97. The maximum atomic E-state index is 12.9. The highest BCUT2D eigenvalue weighted by Crippen LogP contribution is 2.28. The van der Waals surface area contributed by atoms with Gasteiger partial charge in [-0.25, -0.2) is 4.98 Å². The SMILES string of the molecule is CCSCc1ccc(-c2ccc(C(=O)NC[C@H]3OC[C@H](Nc4cncc(C(F)(F)F)n4)[C@@H](O)[C@H]3O)cc2)cc1. The van der Waals surface area contributed by atoms with Crippen molar-refractivity contribution in [3.05, 3.63) is 77.7 Å². The Labute approximate surface area is 228 Å². The molecule has 8 nitrogen and oxygen atoms in total. The van der Waals surface area contributed by atoms with Crippen LogP contribution in [-0.2, 0) is 16.7 Å². The van der Waals surface area contributed by atoms with Crippen molar-refractivity contribution in [2.75, 3.05) is 24.2 Å². The molecule has 1 saturated heterocycles. The maximum Gasteiger partial charge on any atom is 0.434 e. The zero-order chi connectivity index (χ0) is 28.0. The number of rotatable bonds is 9. The summed E-state index contributed by atoms with van der Waals surface area (Å²) < 4.78 is 44.2. The predicted molar refractivity (Wildman–Crippen MR) is 142 cm³/mol. The first-order valence-electron chi connectivity index (χ1n) is 12.3. The second kappa shape index (κ2) is 12.8. The zero-order valence-corrected chi connectivity index (χ0v) is 21.9. The van der Waals surface area contributed by atoms with E-state index < -0.39 is 36.2 Å². The Bertz CT molecular complexity index is 1250. The summed E-state index contributed by atoms with van der Waals surface area (Å²) in [6, 6.07) is 14.5. The Balaban J connectivity index is 1.29. The Kier molecular flexibility index (Phi) is 9.44. The van der Waals surface area contributed by atoms with Crippen LogP contribution in [0.1, 0.15) is 28.5 Å². The molecule has 4 rings (SSSR count). The minimum Gasteiger partial charge on any atom is -0.388 e.